The zero-order valence-electron chi connectivity index (χ0n) is 9.10. The molecule has 0 amide bonds. The Bertz CT molecular complexity index is 378. The molecule has 0 N–H and O–H groups in total. The summed E-state index contributed by atoms with van der Waals surface area (Å²) in [6.07, 6.45) is 2.79. The van der Waals surface area contributed by atoms with Crippen LogP contribution in [0.2, 0.25) is 0 Å². The maximum Gasteiger partial charge on any atom is 0.196 e. The quantitative estimate of drug-likeness (QED) is 0.678. The van der Waals surface area contributed by atoms with Gasteiger partial charge in [0.2, 0.25) is 0 Å². The third-order valence-electron chi connectivity index (χ3n) is 2.80. The summed E-state index contributed by atoms with van der Waals surface area (Å²) in [4.78, 5) is 21.7. The van der Waals surface area contributed by atoms with Crippen LogP contribution in [0.4, 0.5) is 0 Å². The summed E-state index contributed by atoms with van der Waals surface area (Å²) in [6.45, 7) is 3.62. The van der Waals surface area contributed by atoms with Gasteiger partial charge in [0.25, 0.3) is 0 Å². The Kier molecular flexibility index (Phi) is 2.77. The average Bonchev–Trinajstić information content (AvgIpc) is 2.65. The van der Waals surface area contributed by atoms with Gasteiger partial charge in [0.1, 0.15) is 0 Å². The van der Waals surface area contributed by atoms with Crippen LogP contribution in [0, 0.1) is 0 Å². The van der Waals surface area contributed by atoms with E-state index in [-0.39, 0.29) is 5.78 Å². The molecule has 15 heavy (non-hydrogen) atoms. The number of hydrogen-bond acceptors (Lipinski definition) is 4. The Morgan fingerprint density at radius 1 is 1.60 bits per heavy atom. The van der Waals surface area contributed by atoms with E-state index in [2.05, 4.69) is 21.9 Å². The van der Waals surface area contributed by atoms with Crippen molar-refractivity contribution < 1.29 is 4.79 Å². The molecule has 2 heterocycles. The Balaban J connectivity index is 2.21. The number of ketones is 1. The van der Waals surface area contributed by atoms with Crippen LogP contribution >= 0.6 is 0 Å². The van der Waals surface area contributed by atoms with Crippen LogP contribution < -0.4 is 0 Å². The summed E-state index contributed by atoms with van der Waals surface area (Å²) >= 11 is 0. The standard InChI is InChI=1S/C11H15N3O/c1-8(15)11-12-5-3-10(13-11)9-4-6-14(2)7-9/h3,5,9H,4,6-7H2,1-2H3. The molecular weight excluding hydrogens is 190 g/mol. The molecule has 4 nitrogen and oxygen atoms in total. The Labute approximate surface area is 89.3 Å². The average molecular weight is 205 g/mol. The van der Waals surface area contributed by atoms with Crippen molar-refractivity contribution in [2.24, 2.45) is 0 Å². The Morgan fingerprint density at radius 3 is 3.00 bits per heavy atom. The van der Waals surface area contributed by atoms with Gasteiger partial charge >= 0.3 is 0 Å². The second-order valence-electron chi connectivity index (χ2n) is 4.11. The minimum absolute atomic E-state index is 0.0665. The van der Waals surface area contributed by atoms with Gasteiger partial charge in [-0.25, -0.2) is 9.97 Å². The van der Waals surface area contributed by atoms with E-state index in [0.717, 1.165) is 25.2 Å². The highest BCUT2D eigenvalue weighted by atomic mass is 16.1. The molecule has 1 aliphatic rings. The Hall–Kier alpha value is -1.29. The smallest absolute Gasteiger partial charge is 0.196 e. The number of nitrogens with zero attached hydrogens (tertiary/aromatic N) is 3. The fourth-order valence-electron chi connectivity index (χ4n) is 1.95. The molecule has 1 aliphatic heterocycles. The first-order chi connectivity index (χ1) is 7.16. The summed E-state index contributed by atoms with van der Waals surface area (Å²) in [5.74, 6) is 0.723. The minimum Gasteiger partial charge on any atom is -0.306 e. The monoisotopic (exact) mass is 205 g/mol. The lowest BCUT2D eigenvalue weighted by atomic mass is 10.0. The molecular formula is C11H15N3O. The highest BCUT2D eigenvalue weighted by molar-refractivity contribution is 5.90. The third kappa shape index (κ3) is 2.21. The van der Waals surface area contributed by atoms with E-state index >= 15 is 0 Å². The lowest BCUT2D eigenvalue weighted by Gasteiger charge is -2.09. The summed E-state index contributed by atoms with van der Waals surface area (Å²) < 4.78 is 0. The molecule has 80 valence electrons. The van der Waals surface area contributed by atoms with Crippen LogP contribution in [0.15, 0.2) is 12.3 Å². The number of rotatable bonds is 2. The fraction of sp³-hybridized carbons (Fsp3) is 0.545. The molecule has 1 aromatic heterocycles. The highest BCUT2D eigenvalue weighted by Gasteiger charge is 2.22. The van der Waals surface area contributed by atoms with Gasteiger partial charge < -0.3 is 4.90 Å². The normalized spacial score (nSPS) is 21.9. The lowest BCUT2D eigenvalue weighted by Crippen LogP contribution is -2.14. The van der Waals surface area contributed by atoms with Crippen LogP contribution in [0.5, 0.6) is 0 Å². The van der Waals surface area contributed by atoms with E-state index < -0.39 is 0 Å². The number of aromatic nitrogens is 2. The van der Waals surface area contributed by atoms with Gasteiger partial charge in [-0.15, -0.1) is 0 Å². The van der Waals surface area contributed by atoms with Crippen molar-refractivity contribution in [1.29, 1.82) is 0 Å². The van der Waals surface area contributed by atoms with Gasteiger partial charge in [-0.2, -0.15) is 0 Å². The number of Topliss-reactive ketones (excluding diaryl/α,β-unsaturated/α-hetero) is 1. The van der Waals surface area contributed by atoms with Crippen molar-refractivity contribution >= 4 is 5.78 Å². The van der Waals surface area contributed by atoms with Gasteiger partial charge in [0.05, 0.1) is 0 Å². The first-order valence-corrected chi connectivity index (χ1v) is 5.19. The molecule has 0 radical (unpaired) electrons. The van der Waals surface area contributed by atoms with Crippen LogP contribution in [-0.4, -0.2) is 40.8 Å². The second-order valence-corrected chi connectivity index (χ2v) is 4.11. The number of hydrogen-bond donors (Lipinski definition) is 0. The molecule has 1 atom stereocenters. The second kappa shape index (κ2) is 4.06. The van der Waals surface area contributed by atoms with Crippen molar-refractivity contribution in [1.82, 2.24) is 14.9 Å². The highest BCUT2D eigenvalue weighted by Crippen LogP contribution is 2.24. The van der Waals surface area contributed by atoms with Crippen LogP contribution in [-0.2, 0) is 0 Å². The molecule has 4 heteroatoms. The number of carbonyl (C=O) groups excluding carboxylic acids is 1. The predicted molar refractivity (Wildman–Crippen MR) is 56.9 cm³/mol. The first-order valence-electron chi connectivity index (χ1n) is 5.19. The summed E-state index contributed by atoms with van der Waals surface area (Å²) in [5, 5.41) is 0. The molecule has 0 spiro atoms. The van der Waals surface area contributed by atoms with E-state index in [1.807, 2.05) is 6.07 Å². The molecule has 0 saturated carbocycles. The molecule has 0 bridgehead atoms. The zero-order valence-corrected chi connectivity index (χ0v) is 9.10. The molecule has 1 fully saturated rings. The minimum atomic E-state index is -0.0665. The summed E-state index contributed by atoms with van der Waals surface area (Å²) in [5.41, 5.74) is 1.000. The molecule has 1 unspecified atom stereocenters. The van der Waals surface area contributed by atoms with E-state index in [1.165, 1.54) is 6.92 Å². The fourth-order valence-corrected chi connectivity index (χ4v) is 1.95. The van der Waals surface area contributed by atoms with Crippen molar-refractivity contribution in [3.05, 3.63) is 23.8 Å². The lowest BCUT2D eigenvalue weighted by molar-refractivity contribution is 0.100. The van der Waals surface area contributed by atoms with Crippen LogP contribution in [0.3, 0.4) is 0 Å². The first kappa shape index (κ1) is 10.2. The Morgan fingerprint density at radius 2 is 2.40 bits per heavy atom. The van der Waals surface area contributed by atoms with E-state index in [1.54, 1.807) is 6.20 Å². The number of carbonyl (C=O) groups is 1. The van der Waals surface area contributed by atoms with Crippen molar-refractivity contribution in [2.45, 2.75) is 19.3 Å². The number of likely N-dealkylation sites (N-methyl/N-ethyl adjacent to an activating group) is 1. The number of likely N-dealkylation sites (tertiary alicyclic amines) is 1. The maximum atomic E-state index is 11.1. The molecule has 1 saturated heterocycles. The van der Waals surface area contributed by atoms with E-state index in [4.69, 9.17) is 0 Å². The summed E-state index contributed by atoms with van der Waals surface area (Å²) in [6, 6.07) is 1.91. The van der Waals surface area contributed by atoms with E-state index in [9.17, 15) is 4.79 Å². The molecule has 1 aromatic rings. The van der Waals surface area contributed by atoms with Crippen molar-refractivity contribution in [2.75, 3.05) is 20.1 Å². The topological polar surface area (TPSA) is 46.1 Å². The third-order valence-corrected chi connectivity index (χ3v) is 2.80. The van der Waals surface area contributed by atoms with Crippen LogP contribution in [0.1, 0.15) is 35.6 Å². The SMILES string of the molecule is CC(=O)c1nccc(C2CCN(C)C2)n1. The molecule has 2 rings (SSSR count). The molecule has 0 aromatic carbocycles. The van der Waals surface area contributed by atoms with Gasteiger partial charge in [-0.3, -0.25) is 4.79 Å². The van der Waals surface area contributed by atoms with Gasteiger partial charge in [-0.1, -0.05) is 0 Å². The van der Waals surface area contributed by atoms with Gasteiger partial charge in [0, 0.05) is 31.3 Å². The largest absolute Gasteiger partial charge is 0.306 e. The van der Waals surface area contributed by atoms with E-state index in [0.29, 0.717) is 11.7 Å². The van der Waals surface area contributed by atoms with Gasteiger partial charge in [-0.05, 0) is 26.1 Å². The molecule has 0 aliphatic carbocycles. The van der Waals surface area contributed by atoms with Crippen molar-refractivity contribution in [3.63, 3.8) is 0 Å². The zero-order chi connectivity index (χ0) is 10.8. The van der Waals surface area contributed by atoms with Crippen LogP contribution in [0.25, 0.3) is 0 Å². The van der Waals surface area contributed by atoms with Crippen molar-refractivity contribution in [3.8, 4) is 0 Å². The maximum absolute atomic E-state index is 11.1. The van der Waals surface area contributed by atoms with Gasteiger partial charge in [0.15, 0.2) is 11.6 Å². The summed E-state index contributed by atoms with van der Waals surface area (Å²) in [7, 11) is 2.10. The predicted octanol–water partition coefficient (Wildman–Crippen LogP) is 1.10.